The summed E-state index contributed by atoms with van der Waals surface area (Å²) in [6.45, 7) is 4.45. The summed E-state index contributed by atoms with van der Waals surface area (Å²) in [6, 6.07) is 16.2. The van der Waals surface area contributed by atoms with Crippen molar-refractivity contribution in [3.8, 4) is 5.75 Å². The molecule has 0 saturated carbocycles. The van der Waals surface area contributed by atoms with E-state index in [1.165, 1.54) is 11.1 Å². The predicted octanol–water partition coefficient (Wildman–Crippen LogP) is 1.27. The molecule has 3 N–H and O–H groups in total. The van der Waals surface area contributed by atoms with E-state index in [4.69, 9.17) is 14.9 Å². The SMILES string of the molecule is OCCN(CCO)Cc1cccc(OCC(O)CN2CCc3ccccc3C2)c1. The van der Waals surface area contributed by atoms with E-state index in [-0.39, 0.29) is 19.8 Å². The highest BCUT2D eigenvalue weighted by atomic mass is 16.5. The van der Waals surface area contributed by atoms with Crippen LogP contribution in [0, 0.1) is 0 Å². The Hall–Kier alpha value is -1.96. The van der Waals surface area contributed by atoms with Crippen molar-refractivity contribution in [2.24, 2.45) is 0 Å². The molecule has 2 aromatic carbocycles. The molecule has 0 bridgehead atoms. The second-order valence-electron chi connectivity index (χ2n) is 7.59. The van der Waals surface area contributed by atoms with E-state index in [1.807, 2.05) is 29.2 Å². The lowest BCUT2D eigenvalue weighted by Crippen LogP contribution is -2.38. The van der Waals surface area contributed by atoms with Crippen molar-refractivity contribution in [2.75, 3.05) is 46.0 Å². The van der Waals surface area contributed by atoms with Gasteiger partial charge in [-0.1, -0.05) is 36.4 Å². The van der Waals surface area contributed by atoms with Crippen molar-refractivity contribution >= 4 is 0 Å². The molecule has 0 saturated heterocycles. The molecule has 0 fully saturated rings. The maximum absolute atomic E-state index is 10.4. The topological polar surface area (TPSA) is 76.4 Å². The molecule has 0 aliphatic carbocycles. The first-order valence-electron chi connectivity index (χ1n) is 10.3. The van der Waals surface area contributed by atoms with E-state index in [0.717, 1.165) is 30.8 Å². The van der Waals surface area contributed by atoms with Gasteiger partial charge < -0.3 is 20.1 Å². The second-order valence-corrected chi connectivity index (χ2v) is 7.59. The number of ether oxygens (including phenoxy) is 1. The number of fused-ring (bicyclic) bond motifs is 1. The fourth-order valence-electron chi connectivity index (χ4n) is 3.80. The first kappa shape index (κ1) is 21.7. The largest absolute Gasteiger partial charge is 0.491 e. The van der Waals surface area contributed by atoms with Crippen molar-refractivity contribution in [1.82, 2.24) is 9.80 Å². The minimum atomic E-state index is -0.552. The monoisotopic (exact) mass is 400 g/mol. The molecule has 2 aromatic rings. The van der Waals surface area contributed by atoms with Gasteiger partial charge in [0.15, 0.2) is 0 Å². The number of rotatable bonds is 11. The van der Waals surface area contributed by atoms with Gasteiger partial charge in [0.1, 0.15) is 18.5 Å². The van der Waals surface area contributed by atoms with Gasteiger partial charge in [-0.15, -0.1) is 0 Å². The molecule has 0 aromatic heterocycles. The second kappa shape index (κ2) is 11.3. The van der Waals surface area contributed by atoms with Gasteiger partial charge in [-0.05, 0) is 35.2 Å². The normalized spacial score (nSPS) is 15.3. The Bertz CT molecular complexity index is 749. The molecular formula is C23H32N2O4. The number of nitrogens with zero attached hydrogens (tertiary/aromatic N) is 2. The lowest BCUT2D eigenvalue weighted by Gasteiger charge is -2.30. The van der Waals surface area contributed by atoms with Crippen LogP contribution in [0.5, 0.6) is 5.75 Å². The number of hydrogen-bond donors (Lipinski definition) is 3. The Labute approximate surface area is 173 Å². The number of β-amino-alcohol motifs (C(OH)–C–C–N with tert-alkyl or cyclic N) is 1. The van der Waals surface area contributed by atoms with Gasteiger partial charge in [0.25, 0.3) is 0 Å². The molecule has 1 unspecified atom stereocenters. The average molecular weight is 401 g/mol. The van der Waals surface area contributed by atoms with Gasteiger partial charge >= 0.3 is 0 Å². The van der Waals surface area contributed by atoms with Crippen LogP contribution >= 0.6 is 0 Å². The number of benzene rings is 2. The molecule has 1 atom stereocenters. The third-order valence-corrected chi connectivity index (χ3v) is 5.26. The molecule has 0 spiro atoms. The minimum absolute atomic E-state index is 0.0589. The maximum atomic E-state index is 10.4. The Morgan fingerprint density at radius 3 is 2.52 bits per heavy atom. The van der Waals surface area contributed by atoms with Crippen LogP contribution in [0.15, 0.2) is 48.5 Å². The van der Waals surface area contributed by atoms with Gasteiger partial charge in [-0.2, -0.15) is 0 Å². The Balaban J connectivity index is 1.47. The van der Waals surface area contributed by atoms with Crippen LogP contribution in [-0.2, 0) is 19.5 Å². The van der Waals surface area contributed by atoms with Crippen LogP contribution in [0.2, 0.25) is 0 Å². The molecular weight excluding hydrogens is 368 g/mol. The Kier molecular flexibility index (Phi) is 8.46. The summed E-state index contributed by atoms with van der Waals surface area (Å²) in [5.74, 6) is 0.721. The summed E-state index contributed by atoms with van der Waals surface area (Å²) in [5.41, 5.74) is 3.80. The zero-order valence-corrected chi connectivity index (χ0v) is 16.9. The van der Waals surface area contributed by atoms with Crippen LogP contribution in [0.4, 0.5) is 0 Å². The van der Waals surface area contributed by atoms with E-state index in [9.17, 15) is 5.11 Å². The maximum Gasteiger partial charge on any atom is 0.119 e. The summed E-state index contributed by atoms with van der Waals surface area (Å²) < 4.78 is 5.83. The Morgan fingerprint density at radius 2 is 1.76 bits per heavy atom. The molecule has 158 valence electrons. The highest BCUT2D eigenvalue weighted by Crippen LogP contribution is 2.19. The smallest absolute Gasteiger partial charge is 0.119 e. The minimum Gasteiger partial charge on any atom is -0.491 e. The highest BCUT2D eigenvalue weighted by molar-refractivity contribution is 5.29. The van der Waals surface area contributed by atoms with Gasteiger partial charge in [0.05, 0.1) is 13.2 Å². The quantitative estimate of drug-likeness (QED) is 0.527. The van der Waals surface area contributed by atoms with E-state index in [1.54, 1.807) is 0 Å². The van der Waals surface area contributed by atoms with Crippen LogP contribution < -0.4 is 4.74 Å². The van der Waals surface area contributed by atoms with Crippen molar-refractivity contribution < 1.29 is 20.1 Å². The van der Waals surface area contributed by atoms with Crippen LogP contribution in [0.25, 0.3) is 0 Å². The molecule has 0 radical (unpaired) electrons. The Morgan fingerprint density at radius 1 is 1.00 bits per heavy atom. The van der Waals surface area contributed by atoms with E-state index >= 15 is 0 Å². The third kappa shape index (κ3) is 6.80. The average Bonchev–Trinajstić information content (AvgIpc) is 2.73. The lowest BCUT2D eigenvalue weighted by molar-refractivity contribution is 0.0637. The summed E-state index contributed by atoms with van der Waals surface area (Å²) in [7, 11) is 0. The summed E-state index contributed by atoms with van der Waals surface area (Å²) in [4.78, 5) is 4.26. The lowest BCUT2D eigenvalue weighted by atomic mass is 10.00. The highest BCUT2D eigenvalue weighted by Gasteiger charge is 2.18. The summed E-state index contributed by atoms with van der Waals surface area (Å²) >= 11 is 0. The predicted molar refractivity (Wildman–Crippen MR) is 113 cm³/mol. The summed E-state index contributed by atoms with van der Waals surface area (Å²) in [6.07, 6.45) is 0.466. The molecule has 6 heteroatoms. The van der Waals surface area contributed by atoms with Crippen molar-refractivity contribution in [3.63, 3.8) is 0 Å². The molecule has 1 aliphatic heterocycles. The number of aliphatic hydroxyl groups excluding tert-OH is 3. The van der Waals surface area contributed by atoms with Gasteiger partial charge in [0.2, 0.25) is 0 Å². The van der Waals surface area contributed by atoms with Gasteiger partial charge in [-0.3, -0.25) is 9.80 Å². The fraction of sp³-hybridized carbons (Fsp3) is 0.478. The molecule has 6 nitrogen and oxygen atoms in total. The molecule has 3 rings (SSSR count). The van der Waals surface area contributed by atoms with E-state index in [2.05, 4.69) is 29.2 Å². The third-order valence-electron chi connectivity index (χ3n) is 5.26. The first-order chi connectivity index (χ1) is 14.2. The molecule has 0 amide bonds. The number of hydrogen-bond acceptors (Lipinski definition) is 6. The van der Waals surface area contributed by atoms with Crippen molar-refractivity contribution in [3.05, 3.63) is 65.2 Å². The molecule has 1 aliphatic rings. The summed E-state index contributed by atoms with van der Waals surface area (Å²) in [5, 5.41) is 28.7. The zero-order chi connectivity index (χ0) is 20.5. The van der Waals surface area contributed by atoms with Crippen molar-refractivity contribution in [1.29, 1.82) is 0 Å². The standard InChI is InChI=1S/C23H32N2O4/c26-12-10-24(11-13-27)15-19-4-3-7-23(14-19)29-18-22(28)17-25-9-8-20-5-1-2-6-21(20)16-25/h1-7,14,22,26-28H,8-13,15-18H2. The van der Waals surface area contributed by atoms with Gasteiger partial charge in [-0.25, -0.2) is 0 Å². The zero-order valence-electron chi connectivity index (χ0n) is 16.9. The molecule has 29 heavy (non-hydrogen) atoms. The van der Waals surface area contributed by atoms with Crippen LogP contribution in [-0.4, -0.2) is 77.2 Å². The first-order valence-corrected chi connectivity index (χ1v) is 10.3. The number of aliphatic hydroxyl groups is 3. The van der Waals surface area contributed by atoms with Gasteiger partial charge in [0, 0.05) is 39.3 Å². The molecule has 1 heterocycles. The van der Waals surface area contributed by atoms with E-state index < -0.39 is 6.10 Å². The van der Waals surface area contributed by atoms with E-state index in [0.29, 0.717) is 26.2 Å². The van der Waals surface area contributed by atoms with Crippen molar-refractivity contribution in [2.45, 2.75) is 25.6 Å². The van der Waals surface area contributed by atoms with Crippen LogP contribution in [0.3, 0.4) is 0 Å². The van der Waals surface area contributed by atoms with Crippen LogP contribution in [0.1, 0.15) is 16.7 Å². The fourth-order valence-corrected chi connectivity index (χ4v) is 3.80.